The summed E-state index contributed by atoms with van der Waals surface area (Å²) in [6, 6.07) is 3.14. The Balaban J connectivity index is 2.43. The molecule has 0 fully saturated rings. The highest BCUT2D eigenvalue weighted by molar-refractivity contribution is 9.10. The molecule has 0 amide bonds. The van der Waals surface area contributed by atoms with Crippen LogP contribution in [0.4, 0.5) is 13.2 Å². The van der Waals surface area contributed by atoms with Crippen molar-refractivity contribution in [2.45, 2.75) is 12.6 Å². The number of rotatable bonds is 3. The molecule has 1 aromatic rings. The van der Waals surface area contributed by atoms with E-state index in [-0.39, 0.29) is 0 Å². The maximum Gasteiger partial charge on any atom is 0.392 e. The zero-order valence-electron chi connectivity index (χ0n) is 7.01. The number of nitrogens with zero attached hydrogens (tertiary/aromatic N) is 1. The molecule has 0 aliphatic rings. The SMILES string of the molecule is FC(F)(F)CCOc1cccnc1Br. The largest absolute Gasteiger partial charge is 0.490 e. The summed E-state index contributed by atoms with van der Waals surface area (Å²) in [4.78, 5) is 3.80. The quantitative estimate of drug-likeness (QED) is 0.787. The molecule has 0 aliphatic heterocycles. The molecule has 0 spiro atoms. The van der Waals surface area contributed by atoms with E-state index in [1.54, 1.807) is 12.1 Å². The molecular weight excluding hydrogens is 263 g/mol. The molecule has 14 heavy (non-hydrogen) atoms. The zero-order valence-corrected chi connectivity index (χ0v) is 8.60. The molecule has 78 valence electrons. The van der Waals surface area contributed by atoms with Crippen LogP contribution in [0.5, 0.6) is 5.75 Å². The van der Waals surface area contributed by atoms with Gasteiger partial charge in [-0.2, -0.15) is 13.2 Å². The van der Waals surface area contributed by atoms with E-state index in [4.69, 9.17) is 4.74 Å². The second-order valence-corrected chi connectivity index (χ2v) is 3.26. The highest BCUT2D eigenvalue weighted by Crippen LogP contribution is 2.23. The van der Waals surface area contributed by atoms with Gasteiger partial charge in [-0.3, -0.25) is 0 Å². The van der Waals surface area contributed by atoms with Crippen molar-refractivity contribution in [1.29, 1.82) is 0 Å². The van der Waals surface area contributed by atoms with Gasteiger partial charge in [-0.1, -0.05) is 0 Å². The molecule has 0 saturated carbocycles. The lowest BCUT2D eigenvalue weighted by molar-refractivity contribution is -0.139. The van der Waals surface area contributed by atoms with Gasteiger partial charge in [-0.05, 0) is 28.1 Å². The van der Waals surface area contributed by atoms with Crippen LogP contribution in [0.2, 0.25) is 0 Å². The summed E-state index contributed by atoms with van der Waals surface area (Å²) in [5.74, 6) is 0.316. The van der Waals surface area contributed by atoms with Crippen molar-refractivity contribution in [1.82, 2.24) is 4.98 Å². The number of hydrogen-bond donors (Lipinski definition) is 0. The average molecular weight is 270 g/mol. The molecule has 0 N–H and O–H groups in total. The summed E-state index contributed by atoms with van der Waals surface area (Å²) in [7, 11) is 0. The van der Waals surface area contributed by atoms with Gasteiger partial charge in [0.15, 0.2) is 5.75 Å². The van der Waals surface area contributed by atoms with Crippen LogP contribution in [-0.4, -0.2) is 17.8 Å². The number of hydrogen-bond acceptors (Lipinski definition) is 2. The van der Waals surface area contributed by atoms with E-state index in [2.05, 4.69) is 20.9 Å². The third kappa shape index (κ3) is 3.95. The van der Waals surface area contributed by atoms with Gasteiger partial charge in [0.1, 0.15) is 4.60 Å². The Labute approximate surface area is 87.2 Å². The Kier molecular flexibility index (Phi) is 3.74. The summed E-state index contributed by atoms with van der Waals surface area (Å²) in [5, 5.41) is 0. The fourth-order valence-corrected chi connectivity index (χ4v) is 1.12. The Morgan fingerprint density at radius 3 is 2.71 bits per heavy atom. The van der Waals surface area contributed by atoms with Crippen molar-refractivity contribution in [3.05, 3.63) is 22.9 Å². The van der Waals surface area contributed by atoms with Crippen LogP contribution in [0.25, 0.3) is 0 Å². The van der Waals surface area contributed by atoms with E-state index in [0.29, 0.717) is 10.4 Å². The third-order valence-corrected chi connectivity index (χ3v) is 1.96. The first-order chi connectivity index (χ1) is 6.49. The maximum absolute atomic E-state index is 11.8. The van der Waals surface area contributed by atoms with Gasteiger partial charge in [-0.25, -0.2) is 4.98 Å². The second-order valence-electron chi connectivity index (χ2n) is 2.51. The lowest BCUT2D eigenvalue weighted by atomic mass is 10.4. The minimum Gasteiger partial charge on any atom is -0.490 e. The summed E-state index contributed by atoms with van der Waals surface area (Å²) in [5.41, 5.74) is 0. The molecule has 1 heterocycles. The van der Waals surface area contributed by atoms with Gasteiger partial charge in [-0.15, -0.1) is 0 Å². The number of ether oxygens (including phenoxy) is 1. The monoisotopic (exact) mass is 269 g/mol. The van der Waals surface area contributed by atoms with Gasteiger partial charge >= 0.3 is 6.18 Å². The van der Waals surface area contributed by atoms with Gasteiger partial charge < -0.3 is 4.74 Å². The van der Waals surface area contributed by atoms with Crippen molar-refractivity contribution in [3.8, 4) is 5.75 Å². The first-order valence-electron chi connectivity index (χ1n) is 3.79. The average Bonchev–Trinajstić information content (AvgIpc) is 2.06. The number of alkyl halides is 3. The van der Waals surface area contributed by atoms with E-state index in [1.807, 2.05) is 0 Å². The summed E-state index contributed by atoms with van der Waals surface area (Å²) >= 11 is 3.06. The van der Waals surface area contributed by atoms with Crippen LogP contribution >= 0.6 is 15.9 Å². The van der Waals surface area contributed by atoms with Crippen molar-refractivity contribution in [2.24, 2.45) is 0 Å². The second kappa shape index (κ2) is 4.63. The topological polar surface area (TPSA) is 22.1 Å². The molecule has 0 bridgehead atoms. The van der Waals surface area contributed by atoms with Crippen LogP contribution in [-0.2, 0) is 0 Å². The Hall–Kier alpha value is -0.780. The Morgan fingerprint density at radius 2 is 2.14 bits per heavy atom. The summed E-state index contributed by atoms with van der Waals surface area (Å²) < 4.78 is 40.5. The highest BCUT2D eigenvalue weighted by Gasteiger charge is 2.26. The fourth-order valence-electron chi connectivity index (χ4n) is 0.756. The van der Waals surface area contributed by atoms with Crippen LogP contribution in [0, 0.1) is 0 Å². The number of aromatic nitrogens is 1. The zero-order chi connectivity index (χ0) is 10.6. The van der Waals surface area contributed by atoms with Gasteiger partial charge in [0.05, 0.1) is 13.0 Å². The predicted octanol–water partition coefficient (Wildman–Crippen LogP) is 3.18. The van der Waals surface area contributed by atoms with Crippen LogP contribution in [0.1, 0.15) is 6.42 Å². The molecule has 0 aliphatic carbocycles. The lowest BCUT2D eigenvalue weighted by Crippen LogP contribution is -2.13. The third-order valence-electron chi connectivity index (χ3n) is 1.37. The van der Waals surface area contributed by atoms with Crippen molar-refractivity contribution >= 4 is 15.9 Å². The van der Waals surface area contributed by atoms with Crippen LogP contribution in [0.15, 0.2) is 22.9 Å². The smallest absolute Gasteiger partial charge is 0.392 e. The fraction of sp³-hybridized carbons (Fsp3) is 0.375. The molecule has 1 aromatic heterocycles. The van der Waals surface area contributed by atoms with E-state index in [1.165, 1.54) is 6.20 Å². The standard InChI is InChI=1S/C8H7BrF3NO/c9-7-6(2-1-4-13-7)14-5-3-8(10,11)12/h1-2,4H,3,5H2. The number of halogens is 4. The van der Waals surface area contributed by atoms with E-state index in [0.717, 1.165) is 0 Å². The number of pyridine rings is 1. The molecule has 0 atom stereocenters. The highest BCUT2D eigenvalue weighted by atomic mass is 79.9. The van der Waals surface area contributed by atoms with Gasteiger partial charge in [0.2, 0.25) is 0 Å². The molecule has 0 aromatic carbocycles. The lowest BCUT2D eigenvalue weighted by Gasteiger charge is -2.08. The molecule has 0 radical (unpaired) electrons. The first kappa shape index (κ1) is 11.3. The van der Waals surface area contributed by atoms with E-state index < -0.39 is 19.2 Å². The van der Waals surface area contributed by atoms with Crippen LogP contribution < -0.4 is 4.74 Å². The molecule has 0 unspecified atom stereocenters. The van der Waals surface area contributed by atoms with Crippen molar-refractivity contribution < 1.29 is 17.9 Å². The minimum atomic E-state index is -4.19. The minimum absolute atomic E-state index is 0.316. The molecule has 6 heteroatoms. The molecule has 1 rings (SSSR count). The maximum atomic E-state index is 11.8. The first-order valence-corrected chi connectivity index (χ1v) is 4.58. The van der Waals surface area contributed by atoms with E-state index >= 15 is 0 Å². The van der Waals surface area contributed by atoms with Gasteiger partial charge in [0, 0.05) is 6.20 Å². The predicted molar refractivity (Wildman–Crippen MR) is 48.1 cm³/mol. The Morgan fingerprint density at radius 1 is 1.43 bits per heavy atom. The summed E-state index contributed by atoms with van der Waals surface area (Å²) in [6.07, 6.45) is -3.64. The molecular formula is C8H7BrF3NO. The van der Waals surface area contributed by atoms with Crippen LogP contribution in [0.3, 0.4) is 0 Å². The normalized spacial score (nSPS) is 11.4. The van der Waals surface area contributed by atoms with Crippen molar-refractivity contribution in [3.63, 3.8) is 0 Å². The Bertz CT molecular complexity index is 303. The molecule has 0 saturated heterocycles. The van der Waals surface area contributed by atoms with Crippen molar-refractivity contribution in [2.75, 3.05) is 6.61 Å². The van der Waals surface area contributed by atoms with E-state index in [9.17, 15) is 13.2 Å². The molecule has 2 nitrogen and oxygen atoms in total. The van der Waals surface area contributed by atoms with Gasteiger partial charge in [0.25, 0.3) is 0 Å². The summed E-state index contributed by atoms with van der Waals surface area (Å²) in [6.45, 7) is -0.395.